The van der Waals surface area contributed by atoms with Gasteiger partial charge in [-0.25, -0.2) is 4.79 Å². The Morgan fingerprint density at radius 3 is 2.52 bits per heavy atom. The molecule has 4 heteroatoms. The summed E-state index contributed by atoms with van der Waals surface area (Å²) in [5.74, 6) is 1.28. The van der Waals surface area contributed by atoms with Crippen molar-refractivity contribution in [3.63, 3.8) is 0 Å². The summed E-state index contributed by atoms with van der Waals surface area (Å²) < 4.78 is 5.58. The molecular weight excluding hydrogens is 264 g/mol. The van der Waals surface area contributed by atoms with Crippen molar-refractivity contribution in [1.82, 2.24) is 4.90 Å². The van der Waals surface area contributed by atoms with E-state index in [0.29, 0.717) is 23.3 Å². The van der Waals surface area contributed by atoms with Crippen LogP contribution in [0, 0.1) is 17.3 Å². The summed E-state index contributed by atoms with van der Waals surface area (Å²) >= 11 is 0. The smallest absolute Gasteiger partial charge is 0.410 e. The minimum Gasteiger partial charge on any atom is -0.444 e. The zero-order chi connectivity index (χ0) is 15.3. The average Bonchev–Trinajstić information content (AvgIpc) is 2.97. The normalized spacial score (nSPS) is 34.5. The molecule has 4 nitrogen and oxygen atoms in total. The lowest BCUT2D eigenvalue weighted by atomic mass is 9.54. The summed E-state index contributed by atoms with van der Waals surface area (Å²) in [5, 5.41) is 0. The first kappa shape index (κ1) is 15.1. The maximum Gasteiger partial charge on any atom is 0.410 e. The molecule has 0 aromatic rings. The molecule has 3 atom stereocenters. The van der Waals surface area contributed by atoms with Crippen LogP contribution in [0.15, 0.2) is 0 Å². The molecular formula is C17H30N2O2. The van der Waals surface area contributed by atoms with Crippen LogP contribution >= 0.6 is 0 Å². The standard InChI is InChI=1S/C17H30N2O2/c1-16(2,3)21-15(20)19-10-12-9-13(19)14(12)17(11-18)7-5-4-6-8-17/h12-14H,4-11,18H2,1-3H3/t12-,13-,14?/m0/s1. The van der Waals surface area contributed by atoms with Gasteiger partial charge in [-0.1, -0.05) is 19.3 Å². The van der Waals surface area contributed by atoms with Crippen molar-refractivity contribution < 1.29 is 9.53 Å². The fourth-order valence-electron chi connectivity index (χ4n) is 4.99. The Morgan fingerprint density at radius 1 is 1.29 bits per heavy atom. The highest BCUT2D eigenvalue weighted by Crippen LogP contribution is 2.58. The number of hydrogen-bond donors (Lipinski definition) is 1. The predicted molar refractivity (Wildman–Crippen MR) is 82.9 cm³/mol. The molecule has 4 rings (SSSR count). The van der Waals surface area contributed by atoms with E-state index in [9.17, 15) is 4.79 Å². The van der Waals surface area contributed by atoms with Crippen molar-refractivity contribution in [3.8, 4) is 0 Å². The van der Waals surface area contributed by atoms with Crippen molar-refractivity contribution in [3.05, 3.63) is 0 Å². The summed E-state index contributed by atoms with van der Waals surface area (Å²) in [5.41, 5.74) is 6.08. The molecule has 2 N–H and O–H groups in total. The largest absolute Gasteiger partial charge is 0.444 e. The molecule has 2 aliphatic heterocycles. The van der Waals surface area contributed by atoms with Gasteiger partial charge < -0.3 is 15.4 Å². The Hall–Kier alpha value is -0.770. The van der Waals surface area contributed by atoms with Crippen LogP contribution in [0.3, 0.4) is 0 Å². The maximum atomic E-state index is 12.4. The Balaban J connectivity index is 1.70. The summed E-state index contributed by atoms with van der Waals surface area (Å²) in [7, 11) is 0. The summed E-state index contributed by atoms with van der Waals surface area (Å²) in [6, 6.07) is 0.381. The second-order valence-corrected chi connectivity index (χ2v) is 8.35. The van der Waals surface area contributed by atoms with Gasteiger partial charge in [0.15, 0.2) is 0 Å². The Bertz CT molecular complexity index is 410. The average molecular weight is 294 g/mol. The summed E-state index contributed by atoms with van der Waals surface area (Å²) in [6.45, 7) is 7.47. The molecule has 1 unspecified atom stereocenters. The highest BCUT2D eigenvalue weighted by molar-refractivity contribution is 5.69. The van der Waals surface area contributed by atoms with E-state index < -0.39 is 5.60 Å². The fraction of sp³-hybridized carbons (Fsp3) is 0.941. The van der Waals surface area contributed by atoms with Crippen LogP contribution < -0.4 is 5.73 Å². The van der Waals surface area contributed by atoms with E-state index >= 15 is 0 Å². The van der Waals surface area contributed by atoms with E-state index in [1.807, 2.05) is 25.7 Å². The zero-order valence-electron chi connectivity index (χ0n) is 13.7. The van der Waals surface area contributed by atoms with Gasteiger partial charge in [0.05, 0.1) is 0 Å². The first-order valence-corrected chi connectivity index (χ1v) is 8.56. The number of hydrogen-bond acceptors (Lipinski definition) is 3. The van der Waals surface area contributed by atoms with Gasteiger partial charge >= 0.3 is 6.09 Å². The molecule has 0 spiro atoms. The van der Waals surface area contributed by atoms with Crippen molar-refractivity contribution in [2.24, 2.45) is 23.0 Å². The van der Waals surface area contributed by atoms with Gasteiger partial charge in [0.2, 0.25) is 0 Å². The van der Waals surface area contributed by atoms with E-state index in [-0.39, 0.29) is 6.09 Å². The van der Waals surface area contributed by atoms with Gasteiger partial charge in [-0.05, 0) is 63.8 Å². The minimum atomic E-state index is -0.407. The van der Waals surface area contributed by atoms with Gasteiger partial charge in [-0.15, -0.1) is 0 Å². The van der Waals surface area contributed by atoms with Gasteiger partial charge in [0.1, 0.15) is 5.60 Å². The molecule has 0 aromatic heterocycles. The molecule has 2 heterocycles. The molecule has 4 fully saturated rings. The SMILES string of the molecule is CC(C)(C)OC(=O)N1C[C@@H]2C[C@H]1C2C1(CN)CCCCC1. The van der Waals surface area contributed by atoms with Crippen LogP contribution in [0.25, 0.3) is 0 Å². The molecule has 4 aliphatic rings. The van der Waals surface area contributed by atoms with Crippen molar-refractivity contribution in [1.29, 1.82) is 0 Å². The number of ether oxygens (including phenoxy) is 1. The lowest BCUT2D eigenvalue weighted by Crippen LogP contribution is -2.54. The van der Waals surface area contributed by atoms with E-state index in [2.05, 4.69) is 0 Å². The third kappa shape index (κ3) is 2.56. The number of nitrogens with zero attached hydrogens (tertiary/aromatic N) is 1. The van der Waals surface area contributed by atoms with Crippen LogP contribution in [0.5, 0.6) is 0 Å². The third-order valence-corrected chi connectivity index (χ3v) is 5.89. The first-order valence-electron chi connectivity index (χ1n) is 8.56. The Morgan fingerprint density at radius 2 is 1.95 bits per heavy atom. The highest BCUT2D eigenvalue weighted by atomic mass is 16.6. The molecule has 120 valence electrons. The predicted octanol–water partition coefficient (Wildman–Crippen LogP) is 3.15. The van der Waals surface area contributed by atoms with Crippen LogP contribution in [0.1, 0.15) is 59.3 Å². The van der Waals surface area contributed by atoms with E-state index in [4.69, 9.17) is 10.5 Å². The Labute approximate surface area is 128 Å². The molecule has 2 aliphatic carbocycles. The summed E-state index contributed by atoms with van der Waals surface area (Å²) in [6.07, 6.45) is 7.50. The molecule has 21 heavy (non-hydrogen) atoms. The number of carbonyl (C=O) groups is 1. The molecule has 2 saturated heterocycles. The van der Waals surface area contributed by atoms with Gasteiger partial charge in [0.25, 0.3) is 0 Å². The first-order chi connectivity index (χ1) is 9.86. The number of fused-ring (bicyclic) bond motifs is 1. The molecule has 0 aromatic carbocycles. The van der Waals surface area contributed by atoms with Crippen molar-refractivity contribution in [2.75, 3.05) is 13.1 Å². The third-order valence-electron chi connectivity index (χ3n) is 5.89. The molecule has 2 bridgehead atoms. The van der Waals surface area contributed by atoms with E-state index in [0.717, 1.165) is 19.5 Å². The fourth-order valence-corrected chi connectivity index (χ4v) is 4.99. The second kappa shape index (κ2) is 5.15. The maximum absolute atomic E-state index is 12.4. The summed E-state index contributed by atoms with van der Waals surface area (Å²) in [4.78, 5) is 14.4. The van der Waals surface area contributed by atoms with Crippen molar-refractivity contribution in [2.45, 2.75) is 70.9 Å². The number of nitrogens with two attached hydrogens (primary N) is 1. The monoisotopic (exact) mass is 294 g/mol. The topological polar surface area (TPSA) is 55.6 Å². The number of amides is 1. The van der Waals surface area contributed by atoms with Crippen LogP contribution in [0.2, 0.25) is 0 Å². The van der Waals surface area contributed by atoms with Crippen LogP contribution in [0.4, 0.5) is 4.79 Å². The van der Waals surface area contributed by atoms with Gasteiger partial charge in [-0.2, -0.15) is 0 Å². The zero-order valence-corrected chi connectivity index (χ0v) is 13.7. The Kier molecular flexibility index (Phi) is 3.71. The van der Waals surface area contributed by atoms with E-state index in [1.54, 1.807) is 0 Å². The number of rotatable bonds is 2. The molecule has 2 saturated carbocycles. The minimum absolute atomic E-state index is 0.125. The quantitative estimate of drug-likeness (QED) is 0.851. The van der Waals surface area contributed by atoms with Crippen LogP contribution in [-0.4, -0.2) is 35.7 Å². The lowest BCUT2D eigenvalue weighted by molar-refractivity contribution is -0.0178. The highest BCUT2D eigenvalue weighted by Gasteiger charge is 2.61. The van der Waals surface area contributed by atoms with Gasteiger partial charge in [0, 0.05) is 12.6 Å². The van der Waals surface area contributed by atoms with Crippen LogP contribution in [-0.2, 0) is 4.74 Å². The number of carbonyl (C=O) groups excluding carboxylic acids is 1. The molecule has 1 amide bonds. The molecule has 0 radical (unpaired) electrons. The second-order valence-electron chi connectivity index (χ2n) is 8.35. The van der Waals surface area contributed by atoms with Gasteiger partial charge in [-0.3, -0.25) is 0 Å². The van der Waals surface area contributed by atoms with E-state index in [1.165, 1.54) is 32.1 Å². The lowest BCUT2D eigenvalue weighted by Gasteiger charge is -2.51. The van der Waals surface area contributed by atoms with Crippen molar-refractivity contribution >= 4 is 6.09 Å².